The standard InChI is InChI=1S/2C12H19Cl3O8/c2*13-1-4-7(17)10(20)12(3-14,22-4)23-11-9(19)8(18)6(15)5(2-16)21-11/h2*4-11,16-20H,1-3H2/t2*4-,5-,6+,7?,8+,9-,10?,11-,12+/m11/s1. The van der Waals surface area contributed by atoms with Crippen LogP contribution >= 0.6 is 69.6 Å². The normalized spacial score (nSPS) is 51.1. The molecule has 4 saturated heterocycles. The summed E-state index contributed by atoms with van der Waals surface area (Å²) in [5.74, 6) is -4.86. The van der Waals surface area contributed by atoms with Crippen molar-refractivity contribution in [1.29, 1.82) is 0 Å². The third-order valence-corrected chi connectivity index (χ3v) is 10.3. The number of aliphatic hydroxyl groups is 10. The Morgan fingerprint density at radius 1 is 0.500 bits per heavy atom. The van der Waals surface area contributed by atoms with E-state index in [1.165, 1.54) is 0 Å². The second-order valence-corrected chi connectivity index (χ2v) is 13.1. The first-order chi connectivity index (χ1) is 21.6. The van der Waals surface area contributed by atoms with Gasteiger partial charge in [-0.05, 0) is 0 Å². The fraction of sp³-hybridized carbons (Fsp3) is 1.00. The molecule has 0 aliphatic carbocycles. The van der Waals surface area contributed by atoms with Gasteiger partial charge in [0.1, 0.15) is 73.2 Å². The molecule has 0 aromatic heterocycles. The summed E-state index contributed by atoms with van der Waals surface area (Å²) < 4.78 is 32.3. The maximum atomic E-state index is 10.1. The number of hydrogen-bond acceptors (Lipinski definition) is 16. The summed E-state index contributed by atoms with van der Waals surface area (Å²) >= 11 is 34.6. The summed E-state index contributed by atoms with van der Waals surface area (Å²) in [5, 5.41) is 96.3. The molecule has 4 rings (SSSR count). The minimum absolute atomic E-state index is 0.125. The number of hydrogen-bond donors (Lipinski definition) is 10. The summed E-state index contributed by atoms with van der Waals surface area (Å²) in [6.45, 7) is -1.05. The third kappa shape index (κ3) is 8.25. The average Bonchev–Trinajstić information content (AvgIpc) is 3.45. The van der Waals surface area contributed by atoms with E-state index >= 15 is 0 Å². The second-order valence-electron chi connectivity index (χ2n) is 10.9. The Hall–Kier alpha value is 1.10. The number of halogens is 6. The Kier molecular flexibility index (Phi) is 15.8. The molecule has 4 unspecified atom stereocenters. The van der Waals surface area contributed by atoms with Gasteiger partial charge >= 0.3 is 0 Å². The van der Waals surface area contributed by atoms with E-state index in [2.05, 4.69) is 0 Å². The highest BCUT2D eigenvalue weighted by molar-refractivity contribution is 6.22. The Labute approximate surface area is 293 Å². The minimum atomic E-state index is -1.90. The average molecular weight is 795 g/mol. The molecule has 272 valence electrons. The van der Waals surface area contributed by atoms with Crippen LogP contribution in [0, 0.1) is 0 Å². The first-order valence-electron chi connectivity index (χ1n) is 13.8. The molecular formula is C24H38Cl6O16. The topological polar surface area (TPSA) is 258 Å². The summed E-state index contributed by atoms with van der Waals surface area (Å²) in [6.07, 6.45) is -18.8. The molecular weight excluding hydrogens is 757 g/mol. The molecule has 0 aromatic carbocycles. The van der Waals surface area contributed by atoms with E-state index in [0.717, 1.165) is 0 Å². The van der Waals surface area contributed by atoms with E-state index in [1.54, 1.807) is 0 Å². The van der Waals surface area contributed by atoms with E-state index in [1.807, 2.05) is 0 Å². The van der Waals surface area contributed by atoms with Crippen LogP contribution in [0.1, 0.15) is 0 Å². The molecule has 10 N–H and O–H groups in total. The molecule has 4 aliphatic heterocycles. The molecule has 0 spiro atoms. The molecule has 0 saturated carbocycles. The molecule has 0 bridgehead atoms. The zero-order valence-corrected chi connectivity index (χ0v) is 28.2. The summed E-state index contributed by atoms with van der Waals surface area (Å²) in [4.78, 5) is 0. The molecule has 0 aromatic rings. The van der Waals surface area contributed by atoms with Crippen molar-refractivity contribution in [2.45, 2.75) is 108 Å². The molecule has 4 aliphatic rings. The Morgan fingerprint density at radius 3 is 1.07 bits per heavy atom. The van der Waals surface area contributed by atoms with Crippen LogP contribution in [0.3, 0.4) is 0 Å². The van der Waals surface area contributed by atoms with Crippen LogP contribution in [0.4, 0.5) is 0 Å². The monoisotopic (exact) mass is 792 g/mol. The van der Waals surface area contributed by atoms with Gasteiger partial charge in [0, 0.05) is 0 Å². The highest BCUT2D eigenvalue weighted by Crippen LogP contribution is 2.39. The van der Waals surface area contributed by atoms with Crippen molar-refractivity contribution in [3.63, 3.8) is 0 Å². The summed E-state index contributed by atoms with van der Waals surface area (Å²) in [6, 6.07) is 0. The Bertz CT molecular complexity index is 877. The van der Waals surface area contributed by atoms with Gasteiger partial charge in [-0.2, -0.15) is 0 Å². The van der Waals surface area contributed by atoms with Crippen molar-refractivity contribution in [3.8, 4) is 0 Å². The Morgan fingerprint density at radius 2 is 0.826 bits per heavy atom. The van der Waals surface area contributed by atoms with Crippen LogP contribution in [0.15, 0.2) is 0 Å². The lowest BCUT2D eigenvalue weighted by molar-refractivity contribution is -0.358. The fourth-order valence-corrected chi connectivity index (χ4v) is 6.75. The van der Waals surface area contributed by atoms with Gasteiger partial charge in [0.15, 0.2) is 12.6 Å². The van der Waals surface area contributed by atoms with Gasteiger partial charge in [-0.3, -0.25) is 0 Å². The first-order valence-corrected chi connectivity index (χ1v) is 16.8. The third-order valence-electron chi connectivity index (χ3n) is 7.92. The quantitative estimate of drug-likeness (QED) is 0.0972. The van der Waals surface area contributed by atoms with Gasteiger partial charge in [0.25, 0.3) is 0 Å². The smallest absolute Gasteiger partial charge is 0.214 e. The zero-order chi connectivity index (χ0) is 34.7. The molecule has 22 heteroatoms. The van der Waals surface area contributed by atoms with E-state index in [4.69, 9.17) is 98.0 Å². The van der Waals surface area contributed by atoms with Crippen LogP contribution < -0.4 is 0 Å². The lowest BCUT2D eigenvalue weighted by atomic mass is 10.0. The second kappa shape index (κ2) is 17.5. The highest BCUT2D eigenvalue weighted by Gasteiger charge is 2.59. The zero-order valence-electron chi connectivity index (χ0n) is 23.7. The number of aliphatic hydroxyl groups excluding tert-OH is 10. The predicted molar refractivity (Wildman–Crippen MR) is 159 cm³/mol. The van der Waals surface area contributed by atoms with Crippen LogP contribution in [0.2, 0.25) is 0 Å². The maximum Gasteiger partial charge on any atom is 0.214 e. The lowest BCUT2D eigenvalue weighted by Gasteiger charge is -2.43. The molecule has 46 heavy (non-hydrogen) atoms. The van der Waals surface area contributed by atoms with Crippen molar-refractivity contribution in [1.82, 2.24) is 0 Å². The number of alkyl halides is 6. The summed E-state index contributed by atoms with van der Waals surface area (Å²) in [5.41, 5.74) is 0. The Balaban J connectivity index is 0.000000250. The summed E-state index contributed by atoms with van der Waals surface area (Å²) in [7, 11) is 0. The molecule has 0 amide bonds. The van der Waals surface area contributed by atoms with E-state index in [9.17, 15) is 51.1 Å². The van der Waals surface area contributed by atoms with Crippen molar-refractivity contribution in [2.24, 2.45) is 0 Å². The van der Waals surface area contributed by atoms with Crippen molar-refractivity contribution < 1.29 is 79.5 Å². The van der Waals surface area contributed by atoms with Gasteiger partial charge in [0.05, 0.1) is 47.5 Å². The maximum absolute atomic E-state index is 10.1. The van der Waals surface area contributed by atoms with Crippen LogP contribution in [0.25, 0.3) is 0 Å². The van der Waals surface area contributed by atoms with Crippen LogP contribution in [-0.2, 0) is 28.4 Å². The van der Waals surface area contributed by atoms with E-state index < -0.39 is 133 Å². The van der Waals surface area contributed by atoms with Crippen LogP contribution in [0.5, 0.6) is 0 Å². The van der Waals surface area contributed by atoms with Crippen LogP contribution in [-0.4, -0.2) is 196 Å². The predicted octanol–water partition coefficient (Wildman–Crippen LogP) is -3.31. The largest absolute Gasteiger partial charge is 0.394 e. The number of ether oxygens (including phenoxy) is 6. The molecule has 4 fully saturated rings. The van der Waals surface area contributed by atoms with E-state index in [0.29, 0.717) is 0 Å². The number of rotatable bonds is 10. The molecule has 16 nitrogen and oxygen atoms in total. The minimum Gasteiger partial charge on any atom is -0.394 e. The molecule has 18 atom stereocenters. The molecule has 0 radical (unpaired) electrons. The first kappa shape index (κ1) is 41.5. The lowest BCUT2D eigenvalue weighted by Crippen LogP contribution is -2.61. The molecule has 4 heterocycles. The van der Waals surface area contributed by atoms with Crippen molar-refractivity contribution in [2.75, 3.05) is 36.7 Å². The fourth-order valence-electron chi connectivity index (χ4n) is 5.11. The van der Waals surface area contributed by atoms with Gasteiger partial charge in [-0.1, -0.05) is 0 Å². The van der Waals surface area contributed by atoms with Crippen molar-refractivity contribution >= 4 is 69.6 Å². The highest BCUT2D eigenvalue weighted by atomic mass is 35.5. The van der Waals surface area contributed by atoms with Gasteiger partial charge < -0.3 is 79.5 Å². The van der Waals surface area contributed by atoms with Gasteiger partial charge in [0.2, 0.25) is 11.6 Å². The SMILES string of the molecule is OC[C@H]1O[C@H](O[C@]2(CCl)O[C@H](CCl)C(O)C2O)[C@H](O)[C@@H](O)[C@H]1Cl.OC[C@H]1O[C@H](O[C@]2(CCl)O[C@H](CCl)C(O)C2O)[C@H](O)[C@@H](O)[C@H]1Cl. The van der Waals surface area contributed by atoms with Crippen molar-refractivity contribution in [3.05, 3.63) is 0 Å². The van der Waals surface area contributed by atoms with Gasteiger partial charge in [-0.15, -0.1) is 69.6 Å². The van der Waals surface area contributed by atoms with Gasteiger partial charge in [-0.25, -0.2) is 0 Å². The van der Waals surface area contributed by atoms with E-state index in [-0.39, 0.29) is 11.8 Å².